The maximum absolute atomic E-state index is 4.84. The molecule has 1 N–H and O–H groups in total. The van der Waals surface area contributed by atoms with E-state index in [4.69, 9.17) is 12.6 Å². The molecule has 2 heteroatoms. The Labute approximate surface area is 97.7 Å². The van der Waals surface area contributed by atoms with Gasteiger partial charge in [0.15, 0.2) is 0 Å². The highest BCUT2D eigenvalue weighted by atomic mass is 32.1. The summed E-state index contributed by atoms with van der Waals surface area (Å²) in [5, 5.41) is 3.39. The van der Waals surface area contributed by atoms with Crippen molar-refractivity contribution in [1.82, 2.24) is 5.32 Å². The van der Waals surface area contributed by atoms with E-state index < -0.39 is 0 Å². The molecule has 0 radical (unpaired) electrons. The summed E-state index contributed by atoms with van der Waals surface area (Å²) in [5.41, 5.74) is 1.43. The summed E-state index contributed by atoms with van der Waals surface area (Å²) in [6, 6.07) is 10.7. The van der Waals surface area contributed by atoms with Crippen LogP contribution in [0.25, 0.3) is 0 Å². The van der Waals surface area contributed by atoms with Gasteiger partial charge in [0.25, 0.3) is 0 Å². The Hall–Kier alpha value is -0.470. The van der Waals surface area contributed by atoms with Gasteiger partial charge in [-0.05, 0) is 44.3 Å². The lowest BCUT2D eigenvalue weighted by molar-refractivity contribution is 0.396. The number of piperidine rings is 1. The molecule has 15 heavy (non-hydrogen) atoms. The fraction of sp³-hybridized carbons (Fsp3) is 0.538. The number of nitrogens with one attached hydrogen (secondary N) is 1. The molecule has 1 aliphatic rings. The lowest BCUT2D eigenvalue weighted by Crippen LogP contribution is -2.38. The fourth-order valence-corrected chi connectivity index (χ4v) is 2.50. The van der Waals surface area contributed by atoms with Crippen molar-refractivity contribution in [1.29, 1.82) is 0 Å². The Kier molecular flexibility index (Phi) is 3.71. The van der Waals surface area contributed by atoms with Gasteiger partial charge in [0.1, 0.15) is 0 Å². The van der Waals surface area contributed by atoms with Crippen LogP contribution in [0.1, 0.15) is 24.8 Å². The van der Waals surface area contributed by atoms with Crippen LogP contribution < -0.4 is 5.32 Å². The molecule has 0 amide bonds. The number of hydrogen-bond donors (Lipinski definition) is 2. The first kappa shape index (κ1) is 11.0. The van der Waals surface area contributed by atoms with Crippen molar-refractivity contribution in [2.45, 2.75) is 30.4 Å². The normalized spacial score (nSPS) is 20.1. The molecule has 82 valence electrons. The molecule has 1 fully saturated rings. The molecule has 2 rings (SSSR count). The molecule has 1 heterocycles. The van der Waals surface area contributed by atoms with Crippen LogP contribution in [0.3, 0.4) is 0 Å². The minimum absolute atomic E-state index is 0.265. The second kappa shape index (κ2) is 5.04. The van der Waals surface area contributed by atoms with Crippen molar-refractivity contribution in [3.63, 3.8) is 0 Å². The van der Waals surface area contributed by atoms with Gasteiger partial charge in [0, 0.05) is 4.75 Å². The summed E-state index contributed by atoms with van der Waals surface area (Å²) in [6.07, 6.45) is 4.75. The standard InChI is InChI=1S/C13H19NS/c15-13(8-10-14-11-9-13)7-6-12-4-2-1-3-5-12/h1-5,14-15H,6-11H2. The van der Waals surface area contributed by atoms with Gasteiger partial charge in [-0.15, -0.1) is 0 Å². The van der Waals surface area contributed by atoms with E-state index in [1.807, 2.05) is 0 Å². The molecule has 0 unspecified atom stereocenters. The summed E-state index contributed by atoms with van der Waals surface area (Å²) in [4.78, 5) is 0. The van der Waals surface area contributed by atoms with E-state index >= 15 is 0 Å². The molecule has 0 saturated carbocycles. The zero-order chi connectivity index (χ0) is 10.6. The zero-order valence-electron chi connectivity index (χ0n) is 9.08. The predicted octanol–water partition coefficient (Wildman–Crippen LogP) is 2.67. The highest BCUT2D eigenvalue weighted by molar-refractivity contribution is 7.81. The molecular weight excluding hydrogens is 202 g/mol. The summed E-state index contributed by atoms with van der Waals surface area (Å²) in [7, 11) is 0. The van der Waals surface area contributed by atoms with Crippen LogP contribution in [0.4, 0.5) is 0 Å². The molecule has 1 aliphatic heterocycles. The second-order valence-electron chi connectivity index (χ2n) is 4.46. The molecule has 1 saturated heterocycles. The van der Waals surface area contributed by atoms with Crippen LogP contribution in [0.15, 0.2) is 30.3 Å². The number of rotatable bonds is 3. The first-order chi connectivity index (χ1) is 7.29. The minimum Gasteiger partial charge on any atom is -0.317 e. The Morgan fingerprint density at radius 2 is 1.80 bits per heavy atom. The van der Waals surface area contributed by atoms with E-state index in [0.717, 1.165) is 19.5 Å². The minimum atomic E-state index is 0.265. The van der Waals surface area contributed by atoms with Crippen LogP contribution in [0.2, 0.25) is 0 Å². The van der Waals surface area contributed by atoms with Crippen LogP contribution in [-0.2, 0) is 6.42 Å². The molecule has 1 aromatic carbocycles. The quantitative estimate of drug-likeness (QED) is 0.748. The second-order valence-corrected chi connectivity index (χ2v) is 5.41. The molecule has 0 bridgehead atoms. The van der Waals surface area contributed by atoms with E-state index in [1.165, 1.54) is 24.8 Å². The number of aryl methyl sites for hydroxylation is 1. The van der Waals surface area contributed by atoms with Gasteiger partial charge in [-0.1, -0.05) is 30.3 Å². The van der Waals surface area contributed by atoms with E-state index in [-0.39, 0.29) is 4.75 Å². The zero-order valence-corrected chi connectivity index (χ0v) is 9.97. The Bertz CT molecular complexity index is 291. The largest absolute Gasteiger partial charge is 0.317 e. The average Bonchev–Trinajstić information content (AvgIpc) is 2.29. The third kappa shape index (κ3) is 3.25. The van der Waals surface area contributed by atoms with Gasteiger partial charge in [-0.25, -0.2) is 0 Å². The number of hydrogen-bond acceptors (Lipinski definition) is 2. The average molecular weight is 221 g/mol. The van der Waals surface area contributed by atoms with E-state index in [9.17, 15) is 0 Å². The van der Waals surface area contributed by atoms with Gasteiger partial charge in [-0.2, -0.15) is 12.6 Å². The maximum atomic E-state index is 4.84. The Morgan fingerprint density at radius 3 is 2.47 bits per heavy atom. The van der Waals surface area contributed by atoms with Gasteiger partial charge in [-0.3, -0.25) is 0 Å². The fourth-order valence-electron chi connectivity index (χ4n) is 2.16. The lowest BCUT2D eigenvalue weighted by atomic mass is 9.90. The van der Waals surface area contributed by atoms with E-state index in [1.54, 1.807) is 0 Å². The Morgan fingerprint density at radius 1 is 1.13 bits per heavy atom. The van der Waals surface area contributed by atoms with Gasteiger partial charge >= 0.3 is 0 Å². The monoisotopic (exact) mass is 221 g/mol. The smallest absolute Gasteiger partial charge is 0.0157 e. The van der Waals surface area contributed by atoms with Crippen molar-refractivity contribution in [2.75, 3.05) is 13.1 Å². The van der Waals surface area contributed by atoms with Crippen LogP contribution in [0, 0.1) is 0 Å². The van der Waals surface area contributed by atoms with Crippen LogP contribution >= 0.6 is 12.6 Å². The molecule has 0 aliphatic carbocycles. The SMILES string of the molecule is SC1(CCc2ccccc2)CCNCC1. The molecule has 0 spiro atoms. The maximum Gasteiger partial charge on any atom is 0.0157 e. The van der Waals surface area contributed by atoms with Crippen molar-refractivity contribution in [2.24, 2.45) is 0 Å². The number of benzene rings is 1. The third-order valence-corrected chi connectivity index (χ3v) is 3.93. The molecule has 1 nitrogen and oxygen atoms in total. The van der Waals surface area contributed by atoms with Crippen molar-refractivity contribution >= 4 is 12.6 Å². The van der Waals surface area contributed by atoms with E-state index in [0.29, 0.717) is 0 Å². The van der Waals surface area contributed by atoms with Gasteiger partial charge in [0.05, 0.1) is 0 Å². The number of thiol groups is 1. The van der Waals surface area contributed by atoms with E-state index in [2.05, 4.69) is 35.6 Å². The molecule has 0 atom stereocenters. The predicted molar refractivity (Wildman–Crippen MR) is 68.6 cm³/mol. The topological polar surface area (TPSA) is 12.0 Å². The van der Waals surface area contributed by atoms with Crippen LogP contribution in [0.5, 0.6) is 0 Å². The summed E-state index contributed by atoms with van der Waals surface area (Å²) < 4.78 is 0.265. The summed E-state index contributed by atoms with van der Waals surface area (Å²) >= 11 is 4.84. The first-order valence-corrected chi connectivity index (χ1v) is 6.20. The van der Waals surface area contributed by atoms with Crippen molar-refractivity contribution < 1.29 is 0 Å². The lowest BCUT2D eigenvalue weighted by Gasteiger charge is -2.33. The third-order valence-electron chi connectivity index (χ3n) is 3.26. The molecule has 1 aromatic rings. The van der Waals surface area contributed by atoms with Crippen molar-refractivity contribution in [3.05, 3.63) is 35.9 Å². The summed E-state index contributed by atoms with van der Waals surface area (Å²) in [6.45, 7) is 2.25. The molecule has 0 aromatic heterocycles. The van der Waals surface area contributed by atoms with Crippen LogP contribution in [-0.4, -0.2) is 17.8 Å². The Balaban J connectivity index is 1.87. The summed E-state index contributed by atoms with van der Waals surface area (Å²) in [5.74, 6) is 0. The van der Waals surface area contributed by atoms with Gasteiger partial charge in [0.2, 0.25) is 0 Å². The highest BCUT2D eigenvalue weighted by Gasteiger charge is 2.26. The van der Waals surface area contributed by atoms with Crippen molar-refractivity contribution in [3.8, 4) is 0 Å². The van der Waals surface area contributed by atoms with Gasteiger partial charge < -0.3 is 5.32 Å². The molecular formula is C13H19NS. The first-order valence-electron chi connectivity index (χ1n) is 5.76. The highest BCUT2D eigenvalue weighted by Crippen LogP contribution is 2.30.